The van der Waals surface area contributed by atoms with Gasteiger partial charge < -0.3 is 4.74 Å². The molecular formula is C33H44F2O. The molecule has 4 rings (SSSR count). The van der Waals surface area contributed by atoms with Crippen molar-refractivity contribution >= 4 is 0 Å². The Labute approximate surface area is 217 Å². The van der Waals surface area contributed by atoms with E-state index in [-0.39, 0.29) is 5.56 Å². The number of halogens is 2. The van der Waals surface area contributed by atoms with Crippen molar-refractivity contribution in [1.82, 2.24) is 0 Å². The number of alkyl halides is 2. The number of rotatable bonds is 9. The van der Waals surface area contributed by atoms with Gasteiger partial charge in [0.25, 0.3) is 0 Å². The first kappa shape index (κ1) is 27.0. The van der Waals surface area contributed by atoms with E-state index in [0.29, 0.717) is 17.8 Å². The Balaban J connectivity index is 1.32. The van der Waals surface area contributed by atoms with Gasteiger partial charge in [-0.2, -0.15) is 8.78 Å². The third-order valence-corrected chi connectivity index (χ3v) is 8.70. The van der Waals surface area contributed by atoms with Crippen molar-refractivity contribution in [2.75, 3.05) is 0 Å². The number of allylic oxidation sites excluding steroid dienone is 2. The largest absolute Gasteiger partial charge is 0.383 e. The topological polar surface area (TPSA) is 9.23 Å². The highest BCUT2D eigenvalue weighted by molar-refractivity contribution is 5.29. The SMILES string of the molecule is C/C=C/C1CCC(c2ccc(C(F)(F)OC(C)c3ccc(C4CCC(CCC)CC4)cc3)cc2)CC1. The molecule has 3 heteroatoms. The second-order valence-electron chi connectivity index (χ2n) is 11.2. The van der Waals surface area contributed by atoms with E-state index in [1.807, 2.05) is 24.3 Å². The van der Waals surface area contributed by atoms with Crippen LogP contribution in [0.3, 0.4) is 0 Å². The van der Waals surface area contributed by atoms with Crippen LogP contribution in [-0.4, -0.2) is 0 Å². The van der Waals surface area contributed by atoms with Gasteiger partial charge in [0.05, 0.1) is 11.7 Å². The quantitative estimate of drug-likeness (QED) is 0.315. The fourth-order valence-electron chi connectivity index (χ4n) is 6.46. The van der Waals surface area contributed by atoms with Crippen LogP contribution in [0.25, 0.3) is 0 Å². The van der Waals surface area contributed by atoms with E-state index in [0.717, 1.165) is 24.3 Å². The van der Waals surface area contributed by atoms with Gasteiger partial charge in [-0.25, -0.2) is 0 Å². The average molecular weight is 495 g/mol. The zero-order valence-electron chi connectivity index (χ0n) is 22.4. The lowest BCUT2D eigenvalue weighted by atomic mass is 9.77. The Morgan fingerprint density at radius 3 is 1.89 bits per heavy atom. The van der Waals surface area contributed by atoms with Crippen molar-refractivity contribution < 1.29 is 13.5 Å². The van der Waals surface area contributed by atoms with E-state index in [1.54, 1.807) is 19.1 Å². The Morgan fingerprint density at radius 1 is 0.833 bits per heavy atom. The van der Waals surface area contributed by atoms with Crippen LogP contribution in [0.2, 0.25) is 0 Å². The smallest absolute Gasteiger partial charge is 0.309 e. The van der Waals surface area contributed by atoms with Crippen LogP contribution in [0.1, 0.15) is 125 Å². The van der Waals surface area contributed by atoms with Gasteiger partial charge in [-0.15, -0.1) is 0 Å². The predicted octanol–water partition coefficient (Wildman–Crippen LogP) is 10.4. The molecule has 0 aromatic heterocycles. The summed E-state index contributed by atoms with van der Waals surface area (Å²) in [6, 6.07) is 15.1. The summed E-state index contributed by atoms with van der Waals surface area (Å²) in [5.74, 6) is 2.61. The molecule has 1 unspecified atom stereocenters. The second-order valence-corrected chi connectivity index (χ2v) is 11.2. The van der Waals surface area contributed by atoms with Crippen molar-refractivity contribution in [2.24, 2.45) is 11.8 Å². The molecule has 0 radical (unpaired) electrons. The first-order valence-electron chi connectivity index (χ1n) is 14.3. The summed E-state index contributed by atoms with van der Waals surface area (Å²) in [6.07, 6.45) is 12.7. The lowest BCUT2D eigenvalue weighted by Crippen LogP contribution is -2.20. The van der Waals surface area contributed by atoms with Crippen LogP contribution in [-0.2, 0) is 10.8 Å². The standard InChI is InChI=1S/C33H44F2O/c1-4-6-25-8-12-28(13-9-25)30-18-16-27(17-19-30)24(3)36-33(34,35)32-22-20-31(21-23-32)29-14-10-26(7-5-2)11-15-29/h5,7,16-26,28-29H,4,6,8-15H2,1-3H3/b7-5+. The van der Waals surface area contributed by atoms with Crippen molar-refractivity contribution in [3.8, 4) is 0 Å². The number of hydrogen-bond donors (Lipinski definition) is 0. The maximum absolute atomic E-state index is 15.0. The molecule has 0 bridgehead atoms. The van der Waals surface area contributed by atoms with Crippen LogP contribution in [0.5, 0.6) is 0 Å². The van der Waals surface area contributed by atoms with Crippen molar-refractivity contribution in [3.63, 3.8) is 0 Å². The number of benzene rings is 2. The Morgan fingerprint density at radius 2 is 1.36 bits per heavy atom. The minimum atomic E-state index is -3.32. The molecule has 0 spiro atoms. The maximum atomic E-state index is 15.0. The number of ether oxygens (including phenoxy) is 1. The summed E-state index contributed by atoms with van der Waals surface area (Å²) in [6.45, 7) is 6.06. The van der Waals surface area contributed by atoms with Crippen LogP contribution >= 0.6 is 0 Å². The summed E-state index contributed by atoms with van der Waals surface area (Å²) in [5.41, 5.74) is 3.23. The molecule has 2 aliphatic rings. The van der Waals surface area contributed by atoms with E-state index >= 15 is 8.78 Å². The lowest BCUT2D eigenvalue weighted by molar-refractivity contribution is -0.272. The highest BCUT2D eigenvalue weighted by atomic mass is 19.3. The van der Waals surface area contributed by atoms with Gasteiger partial charge in [0.2, 0.25) is 0 Å². The zero-order valence-corrected chi connectivity index (χ0v) is 22.4. The van der Waals surface area contributed by atoms with Crippen molar-refractivity contribution in [1.29, 1.82) is 0 Å². The van der Waals surface area contributed by atoms with Gasteiger partial charge in [0.1, 0.15) is 0 Å². The molecule has 196 valence electrons. The Bertz CT molecular complexity index is 946. The molecule has 2 aromatic rings. The van der Waals surface area contributed by atoms with E-state index in [1.165, 1.54) is 62.5 Å². The van der Waals surface area contributed by atoms with Gasteiger partial charge in [-0.3, -0.25) is 0 Å². The van der Waals surface area contributed by atoms with Crippen LogP contribution in [0.15, 0.2) is 60.7 Å². The summed E-state index contributed by atoms with van der Waals surface area (Å²) >= 11 is 0. The third kappa shape index (κ3) is 6.85. The van der Waals surface area contributed by atoms with Crippen molar-refractivity contribution in [3.05, 3.63) is 82.9 Å². The van der Waals surface area contributed by atoms with E-state index in [2.05, 4.69) is 38.1 Å². The minimum absolute atomic E-state index is 0.0684. The molecule has 2 fully saturated rings. The number of hydrogen-bond acceptors (Lipinski definition) is 1. The molecule has 0 N–H and O–H groups in total. The first-order chi connectivity index (χ1) is 17.4. The molecule has 0 aliphatic heterocycles. The van der Waals surface area contributed by atoms with Gasteiger partial charge >= 0.3 is 6.11 Å². The lowest BCUT2D eigenvalue weighted by Gasteiger charge is -2.29. The van der Waals surface area contributed by atoms with Gasteiger partial charge in [0.15, 0.2) is 0 Å². The Kier molecular flexibility index (Phi) is 9.39. The second kappa shape index (κ2) is 12.5. The summed E-state index contributed by atoms with van der Waals surface area (Å²) in [5, 5.41) is 0. The third-order valence-electron chi connectivity index (χ3n) is 8.70. The fourth-order valence-corrected chi connectivity index (χ4v) is 6.46. The highest BCUT2D eigenvalue weighted by Crippen LogP contribution is 2.40. The van der Waals surface area contributed by atoms with Crippen LogP contribution < -0.4 is 0 Å². The molecule has 36 heavy (non-hydrogen) atoms. The Hall–Kier alpha value is -2.00. The summed E-state index contributed by atoms with van der Waals surface area (Å²) in [7, 11) is 0. The molecule has 1 atom stereocenters. The summed E-state index contributed by atoms with van der Waals surface area (Å²) in [4.78, 5) is 0. The summed E-state index contributed by atoms with van der Waals surface area (Å²) < 4.78 is 35.4. The zero-order chi connectivity index (χ0) is 25.5. The average Bonchev–Trinajstić information content (AvgIpc) is 2.90. The minimum Gasteiger partial charge on any atom is -0.309 e. The monoisotopic (exact) mass is 494 g/mol. The normalized spacial score (nSPS) is 26.2. The van der Waals surface area contributed by atoms with E-state index in [4.69, 9.17) is 4.74 Å². The molecule has 0 heterocycles. The van der Waals surface area contributed by atoms with Crippen molar-refractivity contribution in [2.45, 2.75) is 109 Å². The molecule has 2 aliphatic carbocycles. The highest BCUT2D eigenvalue weighted by Gasteiger charge is 2.35. The van der Waals surface area contributed by atoms with Crippen LogP contribution in [0, 0.1) is 11.8 Å². The molecule has 0 amide bonds. The molecule has 2 aromatic carbocycles. The molecule has 1 nitrogen and oxygen atoms in total. The van der Waals surface area contributed by atoms with Gasteiger partial charge in [0, 0.05) is 0 Å². The molecular weight excluding hydrogens is 450 g/mol. The van der Waals surface area contributed by atoms with E-state index < -0.39 is 12.2 Å². The fraction of sp³-hybridized carbons (Fsp3) is 0.576. The molecule has 2 saturated carbocycles. The van der Waals surface area contributed by atoms with Crippen LogP contribution in [0.4, 0.5) is 8.78 Å². The van der Waals surface area contributed by atoms with E-state index in [9.17, 15) is 0 Å². The first-order valence-corrected chi connectivity index (χ1v) is 14.3. The molecule has 0 saturated heterocycles. The predicted molar refractivity (Wildman–Crippen MR) is 145 cm³/mol. The van der Waals surface area contributed by atoms with Gasteiger partial charge in [-0.05, 0) is 106 Å². The maximum Gasteiger partial charge on any atom is 0.383 e. The van der Waals surface area contributed by atoms with Gasteiger partial charge in [-0.1, -0.05) is 80.4 Å².